The fraction of sp³-hybridized carbons (Fsp3) is 0.273. The first-order valence-corrected chi connectivity index (χ1v) is 9.33. The molecule has 3 rings (SSSR count). The summed E-state index contributed by atoms with van der Waals surface area (Å²) in [6, 6.07) is 18.6. The maximum atomic E-state index is 12.7. The number of hydrogen-bond donors (Lipinski definition) is 2. The third-order valence-electron chi connectivity index (χ3n) is 4.51. The van der Waals surface area contributed by atoms with Gasteiger partial charge in [-0.05, 0) is 25.1 Å². The number of nitrogens with zero attached hydrogens (tertiary/aromatic N) is 1. The van der Waals surface area contributed by atoms with E-state index in [1.165, 1.54) is 0 Å². The normalized spacial score (nSPS) is 16.5. The Morgan fingerprint density at radius 3 is 2.32 bits per heavy atom. The van der Waals surface area contributed by atoms with Crippen molar-refractivity contribution < 1.29 is 14.3 Å². The van der Waals surface area contributed by atoms with E-state index in [-0.39, 0.29) is 12.6 Å². The minimum Gasteiger partial charge on any atom is -0.463 e. The molecule has 0 saturated carbocycles. The maximum absolute atomic E-state index is 12.7. The van der Waals surface area contributed by atoms with Gasteiger partial charge in [-0.1, -0.05) is 60.7 Å². The number of carbonyl (C=O) groups excluding carboxylic acids is 2. The van der Waals surface area contributed by atoms with Crippen LogP contribution in [0.15, 0.2) is 71.9 Å². The second-order valence-electron chi connectivity index (χ2n) is 6.71. The summed E-state index contributed by atoms with van der Waals surface area (Å²) in [6.45, 7) is 3.15. The van der Waals surface area contributed by atoms with E-state index in [4.69, 9.17) is 4.74 Å². The number of rotatable bonds is 7. The van der Waals surface area contributed by atoms with Gasteiger partial charge in [-0.15, -0.1) is 0 Å². The second-order valence-corrected chi connectivity index (χ2v) is 6.71. The highest BCUT2D eigenvalue weighted by molar-refractivity contribution is 5.95. The number of esters is 1. The molecule has 0 aliphatic carbocycles. The fourth-order valence-electron chi connectivity index (χ4n) is 3.31. The lowest BCUT2D eigenvalue weighted by Crippen LogP contribution is -2.48. The topological polar surface area (TPSA) is 70.7 Å². The summed E-state index contributed by atoms with van der Waals surface area (Å²) in [5.41, 5.74) is 2.99. The van der Waals surface area contributed by atoms with Crippen molar-refractivity contribution in [3.63, 3.8) is 0 Å². The first kappa shape index (κ1) is 19.6. The van der Waals surface area contributed by atoms with Gasteiger partial charge in [-0.2, -0.15) is 0 Å². The molecular weight excluding hydrogens is 354 g/mol. The van der Waals surface area contributed by atoms with E-state index in [0.717, 1.165) is 11.1 Å². The van der Waals surface area contributed by atoms with Gasteiger partial charge in [0.05, 0.1) is 18.2 Å². The largest absolute Gasteiger partial charge is 0.463 e. The van der Waals surface area contributed by atoms with Gasteiger partial charge in [0.15, 0.2) is 0 Å². The van der Waals surface area contributed by atoms with Crippen molar-refractivity contribution in [3.05, 3.63) is 83.1 Å². The number of likely N-dealkylation sites (N-methyl/N-ethyl adjacent to an activating group) is 1. The minimum absolute atomic E-state index is 0.269. The monoisotopic (exact) mass is 379 g/mol. The number of amides is 2. The molecule has 1 aliphatic heterocycles. The number of nitrogens with one attached hydrogen (secondary N) is 2. The molecule has 2 aromatic rings. The Balaban J connectivity index is 1.91. The molecule has 2 amide bonds. The highest BCUT2D eigenvalue weighted by atomic mass is 16.5. The molecule has 0 spiro atoms. The Bertz CT molecular complexity index is 850. The third-order valence-corrected chi connectivity index (χ3v) is 4.51. The van der Waals surface area contributed by atoms with Gasteiger partial charge in [-0.3, -0.25) is 4.90 Å². The molecule has 0 saturated heterocycles. The van der Waals surface area contributed by atoms with Crippen molar-refractivity contribution >= 4 is 12.0 Å². The Kier molecular flexibility index (Phi) is 6.45. The first-order chi connectivity index (χ1) is 13.6. The van der Waals surface area contributed by atoms with E-state index in [0.29, 0.717) is 24.4 Å². The van der Waals surface area contributed by atoms with Crippen molar-refractivity contribution in [2.24, 2.45) is 0 Å². The number of urea groups is 1. The Morgan fingerprint density at radius 2 is 1.68 bits per heavy atom. The molecule has 2 aromatic carbocycles. The molecule has 6 heteroatoms. The summed E-state index contributed by atoms with van der Waals surface area (Å²) in [4.78, 5) is 27.1. The highest BCUT2D eigenvalue weighted by Crippen LogP contribution is 2.28. The summed E-state index contributed by atoms with van der Waals surface area (Å²) in [5.74, 6) is -0.424. The van der Waals surface area contributed by atoms with Crippen molar-refractivity contribution in [1.82, 2.24) is 15.5 Å². The standard InChI is InChI=1S/C22H25N3O3/c1-3-28-21(26)19-18(15-25(2)14-16-10-6-4-7-11-16)23-22(27)24-20(19)17-12-8-5-9-13-17/h4-13,20H,3,14-15H2,1-2H3,(H2,23,24,27)/t20-/m0/s1. The highest BCUT2D eigenvalue weighted by Gasteiger charge is 2.33. The van der Waals surface area contributed by atoms with Gasteiger partial charge in [-0.25, -0.2) is 9.59 Å². The second kappa shape index (κ2) is 9.19. The van der Waals surface area contributed by atoms with Gasteiger partial charge in [0.2, 0.25) is 0 Å². The number of benzene rings is 2. The minimum atomic E-state index is -0.547. The maximum Gasteiger partial charge on any atom is 0.338 e. The summed E-state index contributed by atoms with van der Waals surface area (Å²) >= 11 is 0. The van der Waals surface area contributed by atoms with Crippen LogP contribution >= 0.6 is 0 Å². The van der Waals surface area contributed by atoms with Crippen LogP contribution in [0.1, 0.15) is 24.1 Å². The number of carbonyl (C=O) groups is 2. The van der Waals surface area contributed by atoms with Crippen molar-refractivity contribution in [2.75, 3.05) is 20.2 Å². The summed E-state index contributed by atoms with van der Waals surface area (Å²) < 4.78 is 5.29. The SMILES string of the molecule is CCOC(=O)C1=C(CN(C)Cc2ccccc2)NC(=O)N[C@H]1c1ccccc1. The van der Waals surface area contributed by atoms with E-state index in [2.05, 4.69) is 15.5 Å². The molecule has 0 radical (unpaired) electrons. The third kappa shape index (κ3) is 4.78. The van der Waals surface area contributed by atoms with Crippen molar-refractivity contribution in [1.29, 1.82) is 0 Å². The average molecular weight is 379 g/mol. The van der Waals surface area contributed by atoms with Crippen LogP contribution in [-0.4, -0.2) is 37.1 Å². The molecule has 2 N–H and O–H groups in total. The number of ether oxygens (including phenoxy) is 1. The Morgan fingerprint density at radius 1 is 1.04 bits per heavy atom. The Labute approximate surface area is 165 Å². The van der Waals surface area contributed by atoms with E-state index < -0.39 is 12.0 Å². The zero-order valence-electron chi connectivity index (χ0n) is 16.1. The van der Waals surface area contributed by atoms with E-state index in [9.17, 15) is 9.59 Å². The summed E-state index contributed by atoms with van der Waals surface area (Å²) in [5, 5.41) is 5.66. The van der Waals surface area contributed by atoms with Crippen LogP contribution in [0.3, 0.4) is 0 Å². The quantitative estimate of drug-likeness (QED) is 0.726. The van der Waals surface area contributed by atoms with Crippen LogP contribution < -0.4 is 10.6 Å². The van der Waals surface area contributed by atoms with Crippen LogP contribution in [0.25, 0.3) is 0 Å². The van der Waals surface area contributed by atoms with Gasteiger partial charge >= 0.3 is 12.0 Å². The van der Waals surface area contributed by atoms with E-state index in [1.807, 2.05) is 67.7 Å². The van der Waals surface area contributed by atoms with Gasteiger partial charge in [0, 0.05) is 18.8 Å². The van der Waals surface area contributed by atoms with Crippen LogP contribution in [0.2, 0.25) is 0 Å². The number of hydrogen-bond acceptors (Lipinski definition) is 4. The molecule has 0 unspecified atom stereocenters. The van der Waals surface area contributed by atoms with Crippen molar-refractivity contribution in [2.45, 2.75) is 19.5 Å². The molecule has 146 valence electrons. The summed E-state index contributed by atoms with van der Waals surface area (Å²) in [6.07, 6.45) is 0. The van der Waals surface area contributed by atoms with Crippen molar-refractivity contribution in [3.8, 4) is 0 Å². The zero-order chi connectivity index (χ0) is 19.9. The molecule has 0 aromatic heterocycles. The van der Waals surface area contributed by atoms with Crippen LogP contribution in [0, 0.1) is 0 Å². The lowest BCUT2D eigenvalue weighted by atomic mass is 9.95. The molecule has 0 fully saturated rings. The molecule has 0 bridgehead atoms. The molecule has 1 aliphatic rings. The van der Waals surface area contributed by atoms with Gasteiger partial charge in [0.25, 0.3) is 0 Å². The fourth-order valence-corrected chi connectivity index (χ4v) is 3.31. The Hall–Kier alpha value is -3.12. The van der Waals surface area contributed by atoms with Gasteiger partial charge < -0.3 is 15.4 Å². The predicted octanol–water partition coefficient (Wildman–Crippen LogP) is 2.99. The predicted molar refractivity (Wildman–Crippen MR) is 107 cm³/mol. The molecular formula is C22H25N3O3. The first-order valence-electron chi connectivity index (χ1n) is 9.33. The van der Waals surface area contributed by atoms with Crippen LogP contribution in [-0.2, 0) is 16.1 Å². The van der Waals surface area contributed by atoms with Gasteiger partial charge in [0.1, 0.15) is 0 Å². The average Bonchev–Trinajstić information content (AvgIpc) is 2.69. The lowest BCUT2D eigenvalue weighted by molar-refractivity contribution is -0.139. The zero-order valence-corrected chi connectivity index (χ0v) is 16.1. The molecule has 1 heterocycles. The van der Waals surface area contributed by atoms with Crippen LogP contribution in [0.4, 0.5) is 4.79 Å². The summed E-state index contributed by atoms with van der Waals surface area (Å²) in [7, 11) is 1.95. The molecule has 1 atom stereocenters. The molecule has 6 nitrogen and oxygen atoms in total. The lowest BCUT2D eigenvalue weighted by Gasteiger charge is -2.31. The van der Waals surface area contributed by atoms with E-state index in [1.54, 1.807) is 6.92 Å². The smallest absolute Gasteiger partial charge is 0.338 e. The van der Waals surface area contributed by atoms with Crippen LogP contribution in [0.5, 0.6) is 0 Å². The van der Waals surface area contributed by atoms with E-state index >= 15 is 0 Å². The molecule has 28 heavy (non-hydrogen) atoms.